The van der Waals surface area contributed by atoms with Gasteiger partial charge < -0.3 is 24.6 Å². The molecule has 0 spiro atoms. The van der Waals surface area contributed by atoms with Crippen LogP contribution in [0.1, 0.15) is 5.56 Å². The molecule has 7 nitrogen and oxygen atoms in total. The minimum absolute atomic E-state index is 0.128. The Morgan fingerprint density at radius 1 is 1.26 bits per heavy atom. The van der Waals surface area contributed by atoms with E-state index in [1.807, 2.05) is 42.5 Å². The number of pyridine rings is 1. The normalized spacial score (nSPS) is 13.9. The summed E-state index contributed by atoms with van der Waals surface area (Å²) in [4.78, 5) is 20.5. The average molecular weight is 370 g/mol. The Morgan fingerprint density at radius 2 is 2.04 bits per heavy atom. The molecule has 0 atom stereocenters. The van der Waals surface area contributed by atoms with E-state index in [1.165, 1.54) is 0 Å². The third-order valence-corrected chi connectivity index (χ3v) is 4.37. The van der Waals surface area contributed by atoms with Gasteiger partial charge in [-0.2, -0.15) is 0 Å². The summed E-state index contributed by atoms with van der Waals surface area (Å²) in [5.41, 5.74) is 1.02. The number of carbonyl (C=O) groups excluding carboxylic acids is 1. The van der Waals surface area contributed by atoms with Crippen molar-refractivity contribution in [2.45, 2.75) is 6.54 Å². The van der Waals surface area contributed by atoms with E-state index in [0.29, 0.717) is 19.7 Å². The number of morpholine rings is 1. The molecule has 1 saturated heterocycles. The first-order valence-corrected chi connectivity index (χ1v) is 9.17. The number of anilines is 1. The lowest BCUT2D eigenvalue weighted by atomic mass is 10.2. The third kappa shape index (κ3) is 5.86. The van der Waals surface area contributed by atoms with Gasteiger partial charge in [0.15, 0.2) is 0 Å². The zero-order valence-electron chi connectivity index (χ0n) is 15.6. The molecular weight excluding hydrogens is 344 g/mol. The molecule has 1 fully saturated rings. The molecule has 1 aliphatic heterocycles. The highest BCUT2D eigenvalue weighted by Crippen LogP contribution is 2.14. The number of nitrogens with zero attached hydrogens (tertiary/aromatic N) is 3. The van der Waals surface area contributed by atoms with Crippen LogP contribution in [-0.4, -0.2) is 62.4 Å². The molecule has 2 heterocycles. The largest absolute Gasteiger partial charge is 0.492 e. The van der Waals surface area contributed by atoms with Gasteiger partial charge in [0.05, 0.1) is 19.8 Å². The molecule has 0 radical (unpaired) electrons. The van der Waals surface area contributed by atoms with Gasteiger partial charge in [0.25, 0.3) is 0 Å². The number of hydrogen-bond donors (Lipinski definition) is 1. The number of para-hydroxylation sites is 1. The monoisotopic (exact) mass is 370 g/mol. The molecule has 0 aliphatic carbocycles. The number of hydrogen-bond acceptors (Lipinski definition) is 5. The molecule has 2 amide bonds. The maximum Gasteiger partial charge on any atom is 0.317 e. The molecule has 2 aromatic rings. The van der Waals surface area contributed by atoms with Crippen molar-refractivity contribution in [3.05, 3.63) is 54.2 Å². The highest BCUT2D eigenvalue weighted by atomic mass is 16.5. The SMILES string of the molecule is CN(CCOc1ccccc1)C(=O)NCc1ccnc(N2CCOCC2)c1. The molecule has 0 bridgehead atoms. The highest BCUT2D eigenvalue weighted by molar-refractivity contribution is 5.73. The van der Waals surface area contributed by atoms with Gasteiger partial charge in [-0.15, -0.1) is 0 Å². The molecule has 7 heteroatoms. The maximum absolute atomic E-state index is 12.3. The lowest BCUT2D eigenvalue weighted by Gasteiger charge is -2.28. The second-order valence-electron chi connectivity index (χ2n) is 6.36. The number of likely N-dealkylation sites (N-methyl/N-ethyl adjacent to an activating group) is 1. The van der Waals surface area contributed by atoms with E-state index in [9.17, 15) is 4.79 Å². The predicted molar refractivity (Wildman–Crippen MR) is 104 cm³/mol. The molecule has 0 unspecified atom stereocenters. The predicted octanol–water partition coefficient (Wildman–Crippen LogP) is 2.14. The fourth-order valence-corrected chi connectivity index (χ4v) is 2.77. The smallest absolute Gasteiger partial charge is 0.317 e. The lowest BCUT2D eigenvalue weighted by molar-refractivity contribution is 0.122. The van der Waals surface area contributed by atoms with Crippen LogP contribution >= 0.6 is 0 Å². The van der Waals surface area contributed by atoms with Gasteiger partial charge >= 0.3 is 6.03 Å². The maximum atomic E-state index is 12.3. The molecule has 1 aliphatic rings. The van der Waals surface area contributed by atoms with Crippen molar-refractivity contribution in [1.29, 1.82) is 0 Å². The van der Waals surface area contributed by atoms with Gasteiger partial charge in [-0.1, -0.05) is 18.2 Å². The van der Waals surface area contributed by atoms with E-state index in [0.717, 1.165) is 43.4 Å². The van der Waals surface area contributed by atoms with Crippen LogP contribution in [0.4, 0.5) is 10.6 Å². The summed E-state index contributed by atoms with van der Waals surface area (Å²) in [6.07, 6.45) is 1.78. The van der Waals surface area contributed by atoms with Crippen LogP contribution in [0.5, 0.6) is 5.75 Å². The van der Waals surface area contributed by atoms with Crippen molar-refractivity contribution in [2.75, 3.05) is 51.4 Å². The Labute approximate surface area is 159 Å². The summed E-state index contributed by atoms with van der Waals surface area (Å²) >= 11 is 0. The number of amides is 2. The molecule has 144 valence electrons. The fourth-order valence-electron chi connectivity index (χ4n) is 2.77. The first kappa shape index (κ1) is 19.0. The summed E-state index contributed by atoms with van der Waals surface area (Å²) in [5, 5.41) is 2.94. The molecular formula is C20H26N4O3. The van der Waals surface area contributed by atoms with E-state index in [-0.39, 0.29) is 6.03 Å². The number of rotatable bonds is 7. The van der Waals surface area contributed by atoms with Gasteiger partial charge in [-0.25, -0.2) is 9.78 Å². The van der Waals surface area contributed by atoms with Crippen LogP contribution in [0, 0.1) is 0 Å². The number of benzene rings is 1. The molecule has 1 aromatic carbocycles. The molecule has 27 heavy (non-hydrogen) atoms. The summed E-state index contributed by atoms with van der Waals surface area (Å²) < 4.78 is 11.0. The molecule has 3 rings (SSSR count). The summed E-state index contributed by atoms with van der Waals surface area (Å²) in [5.74, 6) is 1.73. The number of carbonyl (C=O) groups is 1. The minimum atomic E-state index is -0.128. The van der Waals surface area contributed by atoms with Crippen molar-refractivity contribution in [3.8, 4) is 5.75 Å². The van der Waals surface area contributed by atoms with Crippen molar-refractivity contribution in [2.24, 2.45) is 0 Å². The minimum Gasteiger partial charge on any atom is -0.492 e. The van der Waals surface area contributed by atoms with E-state index in [2.05, 4.69) is 15.2 Å². The van der Waals surface area contributed by atoms with Crippen molar-refractivity contribution >= 4 is 11.8 Å². The van der Waals surface area contributed by atoms with Gasteiger partial charge in [0.1, 0.15) is 18.2 Å². The second kappa shape index (κ2) is 9.78. The first-order valence-electron chi connectivity index (χ1n) is 9.17. The summed E-state index contributed by atoms with van der Waals surface area (Å²) in [6.45, 7) is 4.54. The summed E-state index contributed by atoms with van der Waals surface area (Å²) in [7, 11) is 1.76. The highest BCUT2D eigenvalue weighted by Gasteiger charge is 2.13. The van der Waals surface area contributed by atoms with E-state index in [1.54, 1.807) is 18.1 Å². The van der Waals surface area contributed by atoms with Crippen LogP contribution in [0.15, 0.2) is 48.7 Å². The Morgan fingerprint density at radius 3 is 2.81 bits per heavy atom. The number of aromatic nitrogens is 1. The van der Waals surface area contributed by atoms with Crippen molar-refractivity contribution < 1.29 is 14.3 Å². The fraction of sp³-hybridized carbons (Fsp3) is 0.400. The van der Waals surface area contributed by atoms with Crippen LogP contribution in [0.2, 0.25) is 0 Å². The molecule has 0 saturated carbocycles. The Kier molecular flexibility index (Phi) is 6.87. The number of nitrogens with one attached hydrogen (secondary N) is 1. The van der Waals surface area contributed by atoms with Crippen LogP contribution in [0.3, 0.4) is 0 Å². The van der Waals surface area contributed by atoms with Gasteiger partial charge in [-0.3, -0.25) is 0 Å². The Bertz CT molecular complexity index is 720. The first-order chi connectivity index (χ1) is 13.2. The Hall–Kier alpha value is -2.80. The number of ether oxygens (including phenoxy) is 2. The quantitative estimate of drug-likeness (QED) is 0.809. The zero-order chi connectivity index (χ0) is 18.9. The third-order valence-electron chi connectivity index (χ3n) is 4.37. The Balaban J connectivity index is 1.42. The van der Waals surface area contributed by atoms with Crippen LogP contribution in [-0.2, 0) is 11.3 Å². The second-order valence-corrected chi connectivity index (χ2v) is 6.36. The van der Waals surface area contributed by atoms with Gasteiger partial charge in [0, 0.05) is 32.9 Å². The van der Waals surface area contributed by atoms with E-state index in [4.69, 9.17) is 9.47 Å². The molecule has 1 aromatic heterocycles. The number of urea groups is 1. The van der Waals surface area contributed by atoms with Gasteiger partial charge in [-0.05, 0) is 29.8 Å². The van der Waals surface area contributed by atoms with Gasteiger partial charge in [0.2, 0.25) is 0 Å². The molecule has 1 N–H and O–H groups in total. The topological polar surface area (TPSA) is 66.9 Å². The lowest BCUT2D eigenvalue weighted by Crippen LogP contribution is -2.39. The zero-order valence-corrected chi connectivity index (χ0v) is 15.6. The average Bonchev–Trinajstić information content (AvgIpc) is 2.73. The van der Waals surface area contributed by atoms with E-state index < -0.39 is 0 Å². The van der Waals surface area contributed by atoms with Crippen LogP contribution in [0.25, 0.3) is 0 Å². The van der Waals surface area contributed by atoms with E-state index >= 15 is 0 Å². The summed E-state index contributed by atoms with van der Waals surface area (Å²) in [6, 6.07) is 13.4. The van der Waals surface area contributed by atoms with Crippen LogP contribution < -0.4 is 15.0 Å². The standard InChI is InChI=1S/C20H26N4O3/c1-23(9-14-27-18-5-3-2-4-6-18)20(25)22-16-17-7-8-21-19(15-17)24-10-12-26-13-11-24/h2-8,15H,9-14,16H2,1H3,(H,22,25). The van der Waals surface area contributed by atoms with Crippen molar-refractivity contribution in [1.82, 2.24) is 15.2 Å². The van der Waals surface area contributed by atoms with Crippen molar-refractivity contribution in [3.63, 3.8) is 0 Å².